The molecular weight excluding hydrogens is 278 g/mol. The van der Waals surface area contributed by atoms with E-state index in [2.05, 4.69) is 4.74 Å². The lowest BCUT2D eigenvalue weighted by Gasteiger charge is -2.23. The molecule has 0 atom stereocenters. The first-order chi connectivity index (χ1) is 8.66. The fraction of sp³-hybridized carbons (Fsp3) is 0.364. The smallest absolute Gasteiger partial charge is 0.403 e. The summed E-state index contributed by atoms with van der Waals surface area (Å²) in [4.78, 5) is 10.5. The maximum absolute atomic E-state index is 12.2. The topological polar surface area (TPSA) is 26.3 Å². The molecule has 1 rings (SSSR count). The zero-order chi connectivity index (χ0) is 14.7. The van der Waals surface area contributed by atoms with Crippen LogP contribution in [-0.4, -0.2) is 25.2 Å². The SMILES string of the molecule is O=Cc1ccccc1OCC(C(F)(F)F)C(F)(F)F. The summed E-state index contributed by atoms with van der Waals surface area (Å²) in [6, 6.07) is 5.08. The quantitative estimate of drug-likeness (QED) is 0.624. The first-order valence-corrected chi connectivity index (χ1v) is 4.96. The molecule has 0 fully saturated rings. The minimum Gasteiger partial charge on any atom is -0.492 e. The van der Waals surface area contributed by atoms with Crippen LogP contribution < -0.4 is 4.74 Å². The van der Waals surface area contributed by atoms with Crippen LogP contribution >= 0.6 is 0 Å². The molecule has 0 N–H and O–H groups in total. The van der Waals surface area contributed by atoms with E-state index in [1.165, 1.54) is 18.2 Å². The van der Waals surface area contributed by atoms with E-state index in [1.807, 2.05) is 0 Å². The first-order valence-electron chi connectivity index (χ1n) is 4.96. The summed E-state index contributed by atoms with van der Waals surface area (Å²) < 4.78 is 77.9. The van der Waals surface area contributed by atoms with Crippen LogP contribution in [0.2, 0.25) is 0 Å². The number of hydrogen-bond donors (Lipinski definition) is 0. The number of rotatable bonds is 4. The fourth-order valence-corrected chi connectivity index (χ4v) is 1.26. The Kier molecular flexibility index (Phi) is 4.43. The molecule has 0 spiro atoms. The molecule has 0 aliphatic rings. The van der Waals surface area contributed by atoms with Crippen LogP contribution in [0.3, 0.4) is 0 Å². The van der Waals surface area contributed by atoms with Gasteiger partial charge in [0.15, 0.2) is 12.2 Å². The van der Waals surface area contributed by atoms with E-state index >= 15 is 0 Å². The van der Waals surface area contributed by atoms with Crippen molar-refractivity contribution in [2.24, 2.45) is 5.92 Å². The van der Waals surface area contributed by atoms with E-state index in [4.69, 9.17) is 0 Å². The Balaban J connectivity index is 2.86. The highest BCUT2D eigenvalue weighted by atomic mass is 19.4. The van der Waals surface area contributed by atoms with Crippen molar-refractivity contribution < 1.29 is 35.9 Å². The molecule has 0 saturated carbocycles. The molecule has 0 radical (unpaired) electrons. The van der Waals surface area contributed by atoms with Crippen molar-refractivity contribution in [1.82, 2.24) is 0 Å². The lowest BCUT2D eigenvalue weighted by atomic mass is 10.1. The van der Waals surface area contributed by atoms with Gasteiger partial charge in [0.1, 0.15) is 12.4 Å². The van der Waals surface area contributed by atoms with Crippen LogP contribution in [0.15, 0.2) is 24.3 Å². The number of alkyl halides is 6. The Bertz CT molecular complexity index is 424. The van der Waals surface area contributed by atoms with Gasteiger partial charge in [-0.3, -0.25) is 4.79 Å². The van der Waals surface area contributed by atoms with Crippen LogP contribution in [0.1, 0.15) is 10.4 Å². The molecule has 0 aliphatic heterocycles. The predicted molar refractivity (Wildman–Crippen MR) is 52.9 cm³/mol. The number of carbonyl (C=O) groups excluding carboxylic acids is 1. The summed E-state index contributed by atoms with van der Waals surface area (Å²) in [7, 11) is 0. The summed E-state index contributed by atoms with van der Waals surface area (Å²) in [6.07, 6.45) is -10.6. The normalized spacial score (nSPS) is 12.6. The van der Waals surface area contributed by atoms with Gasteiger partial charge in [-0.25, -0.2) is 0 Å². The lowest BCUT2D eigenvalue weighted by Crippen LogP contribution is -2.40. The van der Waals surface area contributed by atoms with E-state index in [0.717, 1.165) is 6.07 Å². The number of halogens is 6. The average Bonchev–Trinajstić information content (AvgIpc) is 2.26. The van der Waals surface area contributed by atoms with Gasteiger partial charge in [0.05, 0.1) is 5.56 Å². The Labute approximate surface area is 104 Å². The van der Waals surface area contributed by atoms with Gasteiger partial charge in [-0.2, -0.15) is 26.3 Å². The van der Waals surface area contributed by atoms with Gasteiger partial charge in [0.25, 0.3) is 0 Å². The third-order valence-electron chi connectivity index (χ3n) is 2.24. The highest BCUT2D eigenvalue weighted by molar-refractivity contribution is 5.79. The summed E-state index contributed by atoms with van der Waals surface area (Å²) >= 11 is 0. The van der Waals surface area contributed by atoms with Crippen molar-refractivity contribution in [3.8, 4) is 5.75 Å². The van der Waals surface area contributed by atoms with Gasteiger partial charge >= 0.3 is 12.4 Å². The molecule has 0 heterocycles. The van der Waals surface area contributed by atoms with Crippen molar-refractivity contribution in [2.75, 3.05) is 6.61 Å². The van der Waals surface area contributed by atoms with Crippen molar-refractivity contribution in [2.45, 2.75) is 12.4 Å². The summed E-state index contributed by atoms with van der Waals surface area (Å²) in [6.45, 7) is -1.63. The van der Waals surface area contributed by atoms with Gasteiger partial charge in [0, 0.05) is 0 Å². The minimum absolute atomic E-state index is 0.120. The monoisotopic (exact) mass is 286 g/mol. The van der Waals surface area contributed by atoms with E-state index in [9.17, 15) is 31.1 Å². The summed E-state index contributed by atoms with van der Waals surface area (Å²) in [5, 5.41) is 0. The van der Waals surface area contributed by atoms with Crippen LogP contribution in [0.25, 0.3) is 0 Å². The summed E-state index contributed by atoms with van der Waals surface area (Å²) in [5.41, 5.74) is -0.120. The largest absolute Gasteiger partial charge is 0.492 e. The van der Waals surface area contributed by atoms with Gasteiger partial charge < -0.3 is 4.74 Å². The zero-order valence-corrected chi connectivity index (χ0v) is 9.26. The average molecular weight is 286 g/mol. The van der Waals surface area contributed by atoms with Gasteiger partial charge in [-0.1, -0.05) is 12.1 Å². The molecular formula is C11H8F6O2. The molecule has 106 valence electrons. The number of carbonyl (C=O) groups is 1. The van der Waals surface area contributed by atoms with Crippen LogP contribution in [-0.2, 0) is 0 Å². The number of hydrogen-bond acceptors (Lipinski definition) is 2. The number of aldehydes is 1. The summed E-state index contributed by atoms with van der Waals surface area (Å²) in [5.74, 6) is -3.92. The number of para-hydroxylation sites is 1. The third-order valence-corrected chi connectivity index (χ3v) is 2.24. The highest BCUT2D eigenvalue weighted by Gasteiger charge is 2.57. The molecule has 0 saturated heterocycles. The van der Waals surface area contributed by atoms with Gasteiger partial charge in [-0.15, -0.1) is 0 Å². The Hall–Kier alpha value is -1.73. The van der Waals surface area contributed by atoms with Crippen molar-refractivity contribution in [3.05, 3.63) is 29.8 Å². The van der Waals surface area contributed by atoms with Crippen LogP contribution in [0, 0.1) is 5.92 Å². The highest BCUT2D eigenvalue weighted by Crippen LogP contribution is 2.39. The lowest BCUT2D eigenvalue weighted by molar-refractivity contribution is -0.289. The van der Waals surface area contributed by atoms with E-state index in [-0.39, 0.29) is 17.6 Å². The van der Waals surface area contributed by atoms with Crippen LogP contribution in [0.5, 0.6) is 5.75 Å². The molecule has 19 heavy (non-hydrogen) atoms. The Morgan fingerprint density at radius 1 is 1.05 bits per heavy atom. The van der Waals surface area contributed by atoms with Gasteiger partial charge in [0.2, 0.25) is 0 Å². The van der Waals surface area contributed by atoms with E-state index < -0.39 is 24.9 Å². The molecule has 2 nitrogen and oxygen atoms in total. The molecule has 0 unspecified atom stereocenters. The molecule has 1 aromatic carbocycles. The maximum atomic E-state index is 12.2. The fourth-order valence-electron chi connectivity index (χ4n) is 1.26. The molecule has 0 bridgehead atoms. The molecule has 8 heteroatoms. The van der Waals surface area contributed by atoms with Gasteiger partial charge in [-0.05, 0) is 12.1 Å². The van der Waals surface area contributed by atoms with Crippen molar-refractivity contribution >= 4 is 6.29 Å². The first kappa shape index (κ1) is 15.3. The van der Waals surface area contributed by atoms with E-state index in [1.54, 1.807) is 0 Å². The molecule has 0 aromatic heterocycles. The zero-order valence-electron chi connectivity index (χ0n) is 9.26. The molecule has 0 amide bonds. The number of benzene rings is 1. The second-order valence-corrected chi connectivity index (χ2v) is 3.60. The minimum atomic E-state index is -5.46. The Morgan fingerprint density at radius 3 is 2.05 bits per heavy atom. The second kappa shape index (κ2) is 5.50. The molecule has 1 aromatic rings. The maximum Gasteiger partial charge on any atom is 0.403 e. The van der Waals surface area contributed by atoms with Crippen molar-refractivity contribution in [3.63, 3.8) is 0 Å². The van der Waals surface area contributed by atoms with E-state index in [0.29, 0.717) is 0 Å². The third kappa shape index (κ3) is 4.15. The van der Waals surface area contributed by atoms with Crippen LogP contribution in [0.4, 0.5) is 26.3 Å². The second-order valence-electron chi connectivity index (χ2n) is 3.60. The number of ether oxygens (including phenoxy) is 1. The standard InChI is InChI=1S/C11H8F6O2/c12-10(13,14)9(11(15,16)17)6-19-8-4-2-1-3-7(8)5-18/h1-5,9H,6H2. The Morgan fingerprint density at radius 2 is 1.58 bits per heavy atom. The molecule has 0 aliphatic carbocycles. The van der Waals surface area contributed by atoms with Crippen molar-refractivity contribution in [1.29, 1.82) is 0 Å². The predicted octanol–water partition coefficient (Wildman–Crippen LogP) is 3.62.